The molecule has 3 aromatic heterocycles. The van der Waals surface area contributed by atoms with Gasteiger partial charge in [0.15, 0.2) is 5.82 Å². The molecule has 1 fully saturated rings. The molecule has 6 rings (SSSR count). The Hall–Kier alpha value is -2.83. The first kappa shape index (κ1) is 20.8. The normalized spacial score (nSPS) is 19.1. The number of aromatic nitrogens is 3. The molecule has 0 spiro atoms. The molecule has 1 atom stereocenters. The lowest BCUT2D eigenvalue weighted by atomic mass is 9.89. The Kier molecular flexibility index (Phi) is 5.56. The molecule has 1 saturated heterocycles. The van der Waals surface area contributed by atoms with Crippen molar-refractivity contribution in [1.82, 2.24) is 19.9 Å². The van der Waals surface area contributed by atoms with Crippen molar-refractivity contribution in [3.05, 3.63) is 70.9 Å². The summed E-state index contributed by atoms with van der Waals surface area (Å²) in [6.07, 6.45) is 7.25. The van der Waals surface area contributed by atoms with E-state index in [2.05, 4.69) is 58.1 Å². The van der Waals surface area contributed by atoms with Crippen molar-refractivity contribution in [3.8, 4) is 11.4 Å². The standard InChI is InChI=1S/C27H29N5S/c1-19-9-10-22-23(16-19)33-27-24(22)26(29-25(30-27)21-8-5-11-28-17-21)32-14-12-31(13-15-32)18-20-6-3-2-4-7-20/h2-8,11,17,19H,9-10,12-16,18H2,1H3/t19-/m1/s1. The maximum absolute atomic E-state index is 5.17. The van der Waals surface area contributed by atoms with E-state index in [0.717, 1.165) is 67.1 Å². The van der Waals surface area contributed by atoms with E-state index in [0.29, 0.717) is 0 Å². The summed E-state index contributed by atoms with van der Waals surface area (Å²) in [7, 11) is 0. The van der Waals surface area contributed by atoms with Crippen molar-refractivity contribution in [3.63, 3.8) is 0 Å². The first-order valence-electron chi connectivity index (χ1n) is 12.0. The minimum Gasteiger partial charge on any atom is -0.353 e. The van der Waals surface area contributed by atoms with Crippen LogP contribution in [0.5, 0.6) is 0 Å². The minimum absolute atomic E-state index is 0.751. The fourth-order valence-electron chi connectivity index (χ4n) is 5.14. The van der Waals surface area contributed by atoms with Crippen LogP contribution in [-0.2, 0) is 19.4 Å². The van der Waals surface area contributed by atoms with Crippen LogP contribution in [0.2, 0.25) is 0 Å². The van der Waals surface area contributed by atoms with Crippen molar-refractivity contribution in [2.24, 2.45) is 5.92 Å². The maximum atomic E-state index is 5.17. The lowest BCUT2D eigenvalue weighted by molar-refractivity contribution is 0.249. The summed E-state index contributed by atoms with van der Waals surface area (Å²) in [4.78, 5) is 22.2. The first-order chi connectivity index (χ1) is 16.2. The number of rotatable bonds is 4. The van der Waals surface area contributed by atoms with Gasteiger partial charge in [0.1, 0.15) is 10.6 Å². The Morgan fingerprint density at radius 1 is 1.00 bits per heavy atom. The minimum atomic E-state index is 0.751. The van der Waals surface area contributed by atoms with Crippen molar-refractivity contribution < 1.29 is 0 Å². The average Bonchev–Trinajstić information content (AvgIpc) is 3.22. The highest BCUT2D eigenvalue weighted by atomic mass is 32.1. The Bertz CT molecular complexity index is 1250. The zero-order chi connectivity index (χ0) is 22.2. The molecule has 0 N–H and O–H groups in total. The molecular formula is C27H29N5S. The highest BCUT2D eigenvalue weighted by Gasteiger charge is 2.27. The predicted molar refractivity (Wildman–Crippen MR) is 136 cm³/mol. The number of nitrogens with zero attached hydrogens (tertiary/aromatic N) is 5. The van der Waals surface area contributed by atoms with Gasteiger partial charge in [0.2, 0.25) is 0 Å². The molecule has 2 aliphatic rings. The van der Waals surface area contributed by atoms with Gasteiger partial charge in [0, 0.05) is 55.6 Å². The van der Waals surface area contributed by atoms with Gasteiger partial charge in [-0.05, 0) is 48.4 Å². The molecule has 0 bridgehead atoms. The number of benzene rings is 1. The van der Waals surface area contributed by atoms with Crippen molar-refractivity contribution in [1.29, 1.82) is 0 Å². The Balaban J connectivity index is 1.34. The third-order valence-electron chi connectivity index (χ3n) is 6.98. The molecule has 33 heavy (non-hydrogen) atoms. The smallest absolute Gasteiger partial charge is 0.164 e. The number of thiophene rings is 1. The zero-order valence-electron chi connectivity index (χ0n) is 19.1. The number of hydrogen-bond donors (Lipinski definition) is 0. The topological polar surface area (TPSA) is 45.2 Å². The maximum Gasteiger partial charge on any atom is 0.164 e. The number of hydrogen-bond acceptors (Lipinski definition) is 6. The predicted octanol–water partition coefficient (Wildman–Crippen LogP) is 5.20. The molecule has 4 aromatic rings. The first-order valence-corrected chi connectivity index (χ1v) is 12.8. The van der Waals surface area contributed by atoms with Crippen LogP contribution in [-0.4, -0.2) is 46.0 Å². The highest BCUT2D eigenvalue weighted by Crippen LogP contribution is 2.42. The fraction of sp³-hybridized carbons (Fsp3) is 0.370. The van der Waals surface area contributed by atoms with Gasteiger partial charge in [0.05, 0.1) is 5.39 Å². The quantitative estimate of drug-likeness (QED) is 0.423. The second-order valence-corrected chi connectivity index (χ2v) is 10.5. The molecule has 0 unspecified atom stereocenters. The molecule has 0 saturated carbocycles. The van der Waals surface area contributed by atoms with E-state index in [1.54, 1.807) is 6.20 Å². The van der Waals surface area contributed by atoms with E-state index in [1.165, 1.54) is 34.2 Å². The Morgan fingerprint density at radius 2 is 1.85 bits per heavy atom. The number of aryl methyl sites for hydroxylation is 1. The number of pyridine rings is 1. The van der Waals surface area contributed by atoms with E-state index in [-0.39, 0.29) is 0 Å². The van der Waals surface area contributed by atoms with E-state index in [1.807, 2.05) is 23.6 Å². The van der Waals surface area contributed by atoms with Gasteiger partial charge in [-0.15, -0.1) is 11.3 Å². The van der Waals surface area contributed by atoms with Gasteiger partial charge >= 0.3 is 0 Å². The molecule has 1 aliphatic heterocycles. The number of piperazine rings is 1. The molecule has 5 nitrogen and oxygen atoms in total. The highest BCUT2D eigenvalue weighted by molar-refractivity contribution is 7.19. The molecule has 0 amide bonds. The van der Waals surface area contributed by atoms with Crippen LogP contribution in [0.3, 0.4) is 0 Å². The lowest BCUT2D eigenvalue weighted by Gasteiger charge is -2.36. The zero-order valence-corrected chi connectivity index (χ0v) is 19.9. The summed E-state index contributed by atoms with van der Waals surface area (Å²) in [6, 6.07) is 14.8. The number of fused-ring (bicyclic) bond motifs is 3. The SMILES string of the molecule is C[C@@H]1CCc2c(sc3nc(-c4cccnc4)nc(N4CCN(Cc5ccccc5)CC4)c23)C1. The van der Waals surface area contributed by atoms with Crippen LogP contribution in [0.4, 0.5) is 5.82 Å². The molecule has 0 radical (unpaired) electrons. The van der Waals surface area contributed by atoms with Gasteiger partial charge < -0.3 is 4.90 Å². The average molecular weight is 456 g/mol. The Morgan fingerprint density at radius 3 is 2.64 bits per heavy atom. The number of anilines is 1. The van der Waals surface area contributed by atoms with Crippen molar-refractivity contribution >= 4 is 27.4 Å². The van der Waals surface area contributed by atoms with E-state index < -0.39 is 0 Å². The monoisotopic (exact) mass is 455 g/mol. The third kappa shape index (κ3) is 4.13. The second kappa shape index (κ2) is 8.84. The van der Waals surface area contributed by atoms with Crippen molar-refractivity contribution in [2.75, 3.05) is 31.1 Å². The summed E-state index contributed by atoms with van der Waals surface area (Å²) in [5.41, 5.74) is 3.88. The summed E-state index contributed by atoms with van der Waals surface area (Å²) < 4.78 is 0. The van der Waals surface area contributed by atoms with Crippen LogP contribution in [0, 0.1) is 5.92 Å². The molecule has 4 heterocycles. The molecule has 6 heteroatoms. The van der Waals surface area contributed by atoms with Crippen LogP contribution >= 0.6 is 11.3 Å². The molecule has 1 aliphatic carbocycles. The van der Waals surface area contributed by atoms with Gasteiger partial charge in [-0.2, -0.15) is 0 Å². The summed E-state index contributed by atoms with van der Waals surface area (Å²) >= 11 is 1.88. The van der Waals surface area contributed by atoms with Crippen LogP contribution in [0.15, 0.2) is 54.9 Å². The lowest BCUT2D eigenvalue weighted by Crippen LogP contribution is -2.46. The molecule has 168 valence electrons. The molecular weight excluding hydrogens is 426 g/mol. The van der Waals surface area contributed by atoms with Crippen LogP contribution in [0.25, 0.3) is 21.6 Å². The largest absolute Gasteiger partial charge is 0.353 e. The van der Waals surface area contributed by atoms with Gasteiger partial charge in [-0.25, -0.2) is 9.97 Å². The van der Waals surface area contributed by atoms with E-state index in [9.17, 15) is 0 Å². The molecule has 1 aromatic carbocycles. The summed E-state index contributed by atoms with van der Waals surface area (Å²) in [5.74, 6) is 2.68. The fourth-order valence-corrected chi connectivity index (χ4v) is 6.51. The van der Waals surface area contributed by atoms with Crippen LogP contribution < -0.4 is 4.90 Å². The summed E-state index contributed by atoms with van der Waals surface area (Å²) in [5, 5.41) is 1.31. The summed E-state index contributed by atoms with van der Waals surface area (Å²) in [6.45, 7) is 7.46. The van der Waals surface area contributed by atoms with Crippen LogP contribution in [0.1, 0.15) is 29.3 Å². The second-order valence-electron chi connectivity index (χ2n) is 9.39. The van der Waals surface area contributed by atoms with E-state index in [4.69, 9.17) is 9.97 Å². The van der Waals surface area contributed by atoms with Gasteiger partial charge in [-0.1, -0.05) is 37.3 Å². The van der Waals surface area contributed by atoms with E-state index >= 15 is 0 Å². The van der Waals surface area contributed by atoms with Gasteiger partial charge in [0.25, 0.3) is 0 Å². The third-order valence-corrected chi connectivity index (χ3v) is 8.12. The van der Waals surface area contributed by atoms with Gasteiger partial charge in [-0.3, -0.25) is 9.88 Å². The Labute approximate surface area is 199 Å². The van der Waals surface area contributed by atoms with Crippen molar-refractivity contribution in [2.45, 2.75) is 32.7 Å².